The number of amides is 1. The van der Waals surface area contributed by atoms with Crippen LogP contribution in [0.5, 0.6) is 0 Å². The maximum atomic E-state index is 13.3. The highest BCUT2D eigenvalue weighted by atomic mass is 32.2. The summed E-state index contributed by atoms with van der Waals surface area (Å²) in [5.41, 5.74) is 2.98. The minimum atomic E-state index is -3.55. The average Bonchev–Trinajstić information content (AvgIpc) is 3.08. The highest BCUT2D eigenvalue weighted by molar-refractivity contribution is 7.89. The molecule has 5 rings (SSSR count). The molecule has 2 fully saturated rings. The minimum absolute atomic E-state index is 0.0791. The topological polar surface area (TPSA) is 60.9 Å². The van der Waals surface area contributed by atoms with Crippen LogP contribution in [0.3, 0.4) is 0 Å². The standard InChI is InChI=1S/C24H29N3O3S/c1-18-16-20-17-22(10-11-23(20)27(18)24(28)19-6-5-7-19)31(29,30)26-14-12-25(13-15-26)21-8-3-2-4-9-21/h2-4,8-11,17-19H,5-7,12-16H2,1H3/t18-/m0/s1. The number of sulfonamides is 1. The van der Waals surface area contributed by atoms with Crippen molar-refractivity contribution < 1.29 is 13.2 Å². The fourth-order valence-electron chi connectivity index (χ4n) is 4.93. The van der Waals surface area contributed by atoms with Crippen LogP contribution in [0.2, 0.25) is 0 Å². The second-order valence-corrected chi connectivity index (χ2v) is 10.8. The Labute approximate surface area is 184 Å². The first-order valence-electron chi connectivity index (χ1n) is 11.2. The Bertz CT molecular complexity index is 1070. The average molecular weight is 440 g/mol. The number of benzene rings is 2. The molecule has 0 N–H and O–H groups in total. The quantitative estimate of drug-likeness (QED) is 0.734. The van der Waals surface area contributed by atoms with Gasteiger partial charge in [-0.05, 0) is 62.1 Å². The first-order valence-corrected chi connectivity index (χ1v) is 12.7. The summed E-state index contributed by atoms with van der Waals surface area (Å²) in [6.07, 6.45) is 3.77. The molecule has 0 spiro atoms. The van der Waals surface area contributed by atoms with Gasteiger partial charge in [0.05, 0.1) is 4.90 Å². The Morgan fingerprint density at radius 1 is 0.968 bits per heavy atom. The van der Waals surface area contributed by atoms with Gasteiger partial charge in [-0.3, -0.25) is 4.79 Å². The summed E-state index contributed by atoms with van der Waals surface area (Å²) in [6.45, 7) is 4.34. The number of para-hydroxylation sites is 1. The van der Waals surface area contributed by atoms with E-state index in [1.807, 2.05) is 36.1 Å². The molecular weight excluding hydrogens is 410 g/mol. The zero-order valence-electron chi connectivity index (χ0n) is 17.9. The molecule has 1 aliphatic carbocycles. The van der Waals surface area contributed by atoms with Gasteiger partial charge in [0, 0.05) is 49.5 Å². The number of nitrogens with zero attached hydrogens (tertiary/aromatic N) is 3. The highest BCUT2D eigenvalue weighted by Crippen LogP contribution is 2.38. The molecule has 1 atom stereocenters. The van der Waals surface area contributed by atoms with E-state index in [0.717, 1.165) is 36.2 Å². The second kappa shape index (κ2) is 7.95. The van der Waals surface area contributed by atoms with Crippen LogP contribution in [0, 0.1) is 5.92 Å². The van der Waals surface area contributed by atoms with Crippen LogP contribution < -0.4 is 9.80 Å². The predicted molar refractivity (Wildman–Crippen MR) is 122 cm³/mol. The Morgan fingerprint density at radius 3 is 2.32 bits per heavy atom. The molecular formula is C24H29N3O3S. The Morgan fingerprint density at radius 2 is 1.68 bits per heavy atom. The van der Waals surface area contributed by atoms with Crippen molar-refractivity contribution >= 4 is 27.3 Å². The van der Waals surface area contributed by atoms with Crippen molar-refractivity contribution in [2.45, 2.75) is 43.5 Å². The maximum Gasteiger partial charge on any atom is 0.243 e. The van der Waals surface area contributed by atoms with Gasteiger partial charge in [-0.1, -0.05) is 24.6 Å². The summed E-state index contributed by atoms with van der Waals surface area (Å²) in [4.78, 5) is 17.3. The third-order valence-electron chi connectivity index (χ3n) is 6.96. The zero-order chi connectivity index (χ0) is 21.6. The van der Waals surface area contributed by atoms with Gasteiger partial charge in [0.25, 0.3) is 0 Å². The summed E-state index contributed by atoms with van der Waals surface area (Å²) in [5, 5.41) is 0. The number of hydrogen-bond donors (Lipinski definition) is 0. The molecule has 0 radical (unpaired) electrons. The summed E-state index contributed by atoms with van der Waals surface area (Å²) < 4.78 is 28.2. The number of anilines is 2. The molecule has 31 heavy (non-hydrogen) atoms. The lowest BCUT2D eigenvalue weighted by atomic mass is 9.84. The molecule has 0 aromatic heterocycles. The van der Waals surface area contributed by atoms with Crippen molar-refractivity contribution in [3.05, 3.63) is 54.1 Å². The fraction of sp³-hybridized carbons (Fsp3) is 0.458. The Hall–Kier alpha value is -2.38. The molecule has 0 bridgehead atoms. The zero-order valence-corrected chi connectivity index (χ0v) is 18.7. The number of carbonyl (C=O) groups excluding carboxylic acids is 1. The molecule has 0 unspecified atom stereocenters. The van der Waals surface area contributed by atoms with Gasteiger partial charge in [-0.2, -0.15) is 4.31 Å². The lowest BCUT2D eigenvalue weighted by Crippen LogP contribution is -2.48. The Kier molecular flexibility index (Phi) is 5.26. The van der Waals surface area contributed by atoms with Crippen molar-refractivity contribution in [1.29, 1.82) is 0 Å². The lowest BCUT2D eigenvalue weighted by Gasteiger charge is -2.35. The largest absolute Gasteiger partial charge is 0.369 e. The smallest absolute Gasteiger partial charge is 0.243 e. The normalized spacial score (nSPS) is 22.3. The van der Waals surface area contributed by atoms with E-state index < -0.39 is 10.0 Å². The van der Waals surface area contributed by atoms with Crippen LogP contribution >= 0.6 is 0 Å². The van der Waals surface area contributed by atoms with E-state index in [1.165, 1.54) is 0 Å². The minimum Gasteiger partial charge on any atom is -0.369 e. The van der Waals surface area contributed by atoms with Gasteiger partial charge in [0.2, 0.25) is 15.9 Å². The summed E-state index contributed by atoms with van der Waals surface area (Å²) in [7, 11) is -3.55. The molecule has 6 nitrogen and oxygen atoms in total. The number of carbonyl (C=O) groups is 1. The third kappa shape index (κ3) is 3.64. The van der Waals surface area contributed by atoms with Crippen molar-refractivity contribution in [2.75, 3.05) is 36.0 Å². The first kappa shape index (κ1) is 20.5. The molecule has 7 heteroatoms. The fourth-order valence-corrected chi connectivity index (χ4v) is 6.40. The van der Waals surface area contributed by atoms with E-state index in [0.29, 0.717) is 37.5 Å². The van der Waals surface area contributed by atoms with Crippen molar-refractivity contribution in [1.82, 2.24) is 4.31 Å². The number of piperazine rings is 1. The number of hydrogen-bond acceptors (Lipinski definition) is 4. The molecule has 2 aromatic carbocycles. The summed E-state index contributed by atoms with van der Waals surface area (Å²) >= 11 is 0. The van der Waals surface area contributed by atoms with Gasteiger partial charge in [-0.25, -0.2) is 8.42 Å². The van der Waals surface area contributed by atoms with Crippen molar-refractivity contribution in [2.24, 2.45) is 5.92 Å². The molecule has 2 aromatic rings. The van der Waals surface area contributed by atoms with E-state index in [1.54, 1.807) is 16.4 Å². The molecule has 1 saturated carbocycles. The van der Waals surface area contributed by atoms with Crippen LogP contribution in [0.25, 0.3) is 0 Å². The molecule has 1 amide bonds. The van der Waals surface area contributed by atoms with Gasteiger partial charge in [0.15, 0.2) is 0 Å². The summed E-state index contributed by atoms with van der Waals surface area (Å²) in [5.74, 6) is 0.336. The van der Waals surface area contributed by atoms with Crippen molar-refractivity contribution in [3.63, 3.8) is 0 Å². The van der Waals surface area contributed by atoms with E-state index >= 15 is 0 Å². The summed E-state index contributed by atoms with van der Waals surface area (Å²) in [6, 6.07) is 15.5. The van der Waals surface area contributed by atoms with E-state index in [9.17, 15) is 13.2 Å². The SMILES string of the molecule is C[C@H]1Cc2cc(S(=O)(=O)N3CCN(c4ccccc4)CC3)ccc2N1C(=O)C1CCC1. The monoisotopic (exact) mass is 439 g/mol. The highest BCUT2D eigenvalue weighted by Gasteiger charge is 2.38. The predicted octanol–water partition coefficient (Wildman–Crippen LogP) is 3.28. The van der Waals surface area contributed by atoms with E-state index in [4.69, 9.17) is 0 Å². The lowest BCUT2D eigenvalue weighted by molar-refractivity contribution is -0.125. The first-order chi connectivity index (χ1) is 14.9. The van der Waals surface area contributed by atoms with Crippen LogP contribution in [0.15, 0.2) is 53.4 Å². The molecule has 2 aliphatic heterocycles. The van der Waals surface area contributed by atoms with Crippen LogP contribution in [-0.4, -0.2) is 50.9 Å². The van der Waals surface area contributed by atoms with Gasteiger partial charge in [-0.15, -0.1) is 0 Å². The van der Waals surface area contributed by atoms with E-state index in [2.05, 4.69) is 17.0 Å². The molecule has 3 aliphatic rings. The second-order valence-electron chi connectivity index (χ2n) is 8.91. The van der Waals surface area contributed by atoms with Crippen molar-refractivity contribution in [3.8, 4) is 0 Å². The van der Waals surface area contributed by atoms with E-state index in [-0.39, 0.29) is 17.9 Å². The van der Waals surface area contributed by atoms with Crippen LogP contribution in [0.4, 0.5) is 11.4 Å². The Balaban J connectivity index is 1.33. The van der Waals surface area contributed by atoms with Gasteiger partial charge >= 0.3 is 0 Å². The van der Waals surface area contributed by atoms with Crippen LogP contribution in [-0.2, 0) is 21.2 Å². The molecule has 1 saturated heterocycles. The van der Waals surface area contributed by atoms with Gasteiger partial charge in [0.1, 0.15) is 0 Å². The van der Waals surface area contributed by atoms with Gasteiger partial charge < -0.3 is 9.80 Å². The van der Waals surface area contributed by atoms with Crippen LogP contribution in [0.1, 0.15) is 31.7 Å². The number of rotatable bonds is 4. The third-order valence-corrected chi connectivity index (χ3v) is 8.85. The molecule has 2 heterocycles. The molecule has 164 valence electrons. The number of fused-ring (bicyclic) bond motifs is 1. The maximum absolute atomic E-state index is 13.3.